The molecule has 1 aromatic rings. The molecule has 2 nitrogen and oxygen atoms in total. The van der Waals surface area contributed by atoms with Crippen LogP contribution in [0.4, 0.5) is 8.78 Å². The Balaban J connectivity index is 2.94. The molecule has 0 fully saturated rings. The summed E-state index contributed by atoms with van der Waals surface area (Å²) in [5.74, 6) is -0.236. The number of hydrogen-bond acceptors (Lipinski definition) is 1. The maximum atomic E-state index is 12.4. The number of aryl methyl sites for hydroxylation is 1. The second-order valence-electron chi connectivity index (χ2n) is 3.84. The molecule has 0 aliphatic carbocycles. The summed E-state index contributed by atoms with van der Waals surface area (Å²) in [6.45, 7) is 1.47. The van der Waals surface area contributed by atoms with Crippen molar-refractivity contribution in [3.05, 3.63) is 35.4 Å². The fraction of sp³-hybridized carbons (Fsp3) is 0.462. The van der Waals surface area contributed by atoms with Crippen molar-refractivity contribution < 1.29 is 13.6 Å². The number of carbonyl (C=O) groups excluding carboxylic acids is 1. The van der Waals surface area contributed by atoms with Crippen molar-refractivity contribution in [1.29, 1.82) is 0 Å². The van der Waals surface area contributed by atoms with Crippen molar-refractivity contribution in [3.8, 4) is 0 Å². The lowest BCUT2D eigenvalue weighted by Gasteiger charge is -2.22. The number of carbonyl (C=O) groups is 1. The van der Waals surface area contributed by atoms with Gasteiger partial charge in [-0.25, -0.2) is 8.78 Å². The average molecular weight is 276 g/mol. The summed E-state index contributed by atoms with van der Waals surface area (Å²) in [4.78, 5) is 13.3. The summed E-state index contributed by atoms with van der Waals surface area (Å²) in [5.41, 5.74) is 1.34. The van der Waals surface area contributed by atoms with Crippen LogP contribution in [0.5, 0.6) is 0 Å². The molecule has 0 bridgehead atoms. The fourth-order valence-electron chi connectivity index (χ4n) is 1.75. The van der Waals surface area contributed by atoms with Crippen LogP contribution in [0.1, 0.15) is 22.8 Å². The van der Waals surface area contributed by atoms with E-state index in [1.54, 1.807) is 12.1 Å². The topological polar surface area (TPSA) is 20.3 Å². The van der Waals surface area contributed by atoms with Crippen molar-refractivity contribution in [2.75, 3.05) is 19.0 Å². The van der Waals surface area contributed by atoms with Crippen LogP contribution in [0.3, 0.4) is 0 Å². The molecule has 0 saturated heterocycles. The molecule has 0 spiro atoms. The van der Waals surface area contributed by atoms with Crippen LogP contribution in [0.15, 0.2) is 24.3 Å². The standard InChI is InChI=1S/C13H16ClF2NO/c1-2-10-5-3-4-6-11(10)13(18)17(8-7-14)9-12(15)16/h3-6,12H,2,7-9H2,1H3. The van der Waals surface area contributed by atoms with Gasteiger partial charge in [-0.05, 0) is 18.1 Å². The average Bonchev–Trinajstić information content (AvgIpc) is 2.37. The molecule has 0 atom stereocenters. The molecule has 18 heavy (non-hydrogen) atoms. The summed E-state index contributed by atoms with van der Waals surface area (Å²) in [6.07, 6.45) is -1.86. The van der Waals surface area contributed by atoms with Gasteiger partial charge in [-0.15, -0.1) is 11.6 Å². The van der Waals surface area contributed by atoms with Crippen molar-refractivity contribution in [2.45, 2.75) is 19.8 Å². The second kappa shape index (κ2) is 7.31. The van der Waals surface area contributed by atoms with Crippen LogP contribution >= 0.6 is 11.6 Å². The lowest BCUT2D eigenvalue weighted by Crippen LogP contribution is -2.37. The van der Waals surface area contributed by atoms with Gasteiger partial charge in [0.1, 0.15) is 0 Å². The maximum Gasteiger partial charge on any atom is 0.255 e. The van der Waals surface area contributed by atoms with Crippen LogP contribution in [-0.2, 0) is 6.42 Å². The maximum absolute atomic E-state index is 12.4. The summed E-state index contributed by atoms with van der Waals surface area (Å²) in [6, 6.07) is 7.05. The SMILES string of the molecule is CCc1ccccc1C(=O)N(CCCl)CC(F)F. The van der Waals surface area contributed by atoms with E-state index in [0.717, 1.165) is 10.5 Å². The molecule has 100 valence electrons. The molecule has 0 saturated carbocycles. The van der Waals surface area contributed by atoms with E-state index in [1.165, 1.54) is 0 Å². The molecular weight excluding hydrogens is 260 g/mol. The summed E-state index contributed by atoms with van der Waals surface area (Å²) in [7, 11) is 0. The molecule has 0 radical (unpaired) electrons. The van der Waals surface area contributed by atoms with Gasteiger partial charge in [0.05, 0.1) is 6.54 Å². The van der Waals surface area contributed by atoms with E-state index in [2.05, 4.69) is 0 Å². The molecule has 0 unspecified atom stereocenters. The van der Waals surface area contributed by atoms with Crippen LogP contribution in [0.25, 0.3) is 0 Å². The zero-order chi connectivity index (χ0) is 13.5. The molecule has 5 heteroatoms. The molecule has 0 heterocycles. The Kier molecular flexibility index (Phi) is 6.05. The smallest absolute Gasteiger partial charge is 0.255 e. The van der Waals surface area contributed by atoms with Gasteiger partial charge < -0.3 is 4.90 Å². The van der Waals surface area contributed by atoms with Gasteiger partial charge in [0.25, 0.3) is 12.3 Å². The van der Waals surface area contributed by atoms with Crippen molar-refractivity contribution in [3.63, 3.8) is 0 Å². The monoisotopic (exact) mass is 275 g/mol. The minimum absolute atomic E-state index is 0.128. The number of halogens is 3. The van der Waals surface area contributed by atoms with E-state index in [9.17, 15) is 13.6 Å². The summed E-state index contributed by atoms with van der Waals surface area (Å²) in [5, 5.41) is 0. The third-order valence-corrected chi connectivity index (χ3v) is 2.80. The van der Waals surface area contributed by atoms with Crippen LogP contribution in [0, 0.1) is 0 Å². The van der Waals surface area contributed by atoms with E-state index in [0.29, 0.717) is 12.0 Å². The minimum atomic E-state index is -2.55. The molecule has 0 aromatic heterocycles. The van der Waals surface area contributed by atoms with Crippen molar-refractivity contribution in [2.24, 2.45) is 0 Å². The van der Waals surface area contributed by atoms with Crippen molar-refractivity contribution in [1.82, 2.24) is 4.90 Å². The van der Waals surface area contributed by atoms with E-state index in [4.69, 9.17) is 11.6 Å². The van der Waals surface area contributed by atoms with Crippen LogP contribution < -0.4 is 0 Å². The van der Waals surface area contributed by atoms with Gasteiger partial charge in [-0.1, -0.05) is 25.1 Å². The van der Waals surface area contributed by atoms with Gasteiger partial charge in [-0.3, -0.25) is 4.79 Å². The highest BCUT2D eigenvalue weighted by Crippen LogP contribution is 2.13. The lowest BCUT2D eigenvalue weighted by molar-refractivity contribution is 0.0570. The number of benzene rings is 1. The highest BCUT2D eigenvalue weighted by atomic mass is 35.5. The molecule has 1 aromatic carbocycles. The van der Waals surface area contributed by atoms with Gasteiger partial charge in [0.15, 0.2) is 0 Å². The van der Waals surface area contributed by atoms with Crippen LogP contribution in [0.2, 0.25) is 0 Å². The van der Waals surface area contributed by atoms with Gasteiger partial charge in [0, 0.05) is 18.0 Å². The summed E-state index contributed by atoms with van der Waals surface area (Å²) < 4.78 is 24.9. The number of hydrogen-bond donors (Lipinski definition) is 0. The molecule has 1 amide bonds. The first-order valence-electron chi connectivity index (χ1n) is 5.81. The normalized spacial score (nSPS) is 10.7. The number of amides is 1. The molecule has 0 aliphatic rings. The highest BCUT2D eigenvalue weighted by molar-refractivity contribution is 6.18. The zero-order valence-electron chi connectivity index (χ0n) is 10.2. The second-order valence-corrected chi connectivity index (χ2v) is 4.22. The molecule has 0 aliphatic heterocycles. The Morgan fingerprint density at radius 2 is 2.06 bits per heavy atom. The Bertz CT molecular complexity index is 398. The predicted octanol–water partition coefficient (Wildman–Crippen LogP) is 3.20. The number of alkyl halides is 3. The first kappa shape index (κ1) is 14.9. The van der Waals surface area contributed by atoms with Crippen LogP contribution in [-0.4, -0.2) is 36.2 Å². The Morgan fingerprint density at radius 1 is 1.39 bits per heavy atom. The van der Waals surface area contributed by atoms with E-state index in [-0.39, 0.29) is 18.3 Å². The van der Waals surface area contributed by atoms with Gasteiger partial charge in [0.2, 0.25) is 0 Å². The fourth-order valence-corrected chi connectivity index (χ4v) is 1.96. The lowest BCUT2D eigenvalue weighted by atomic mass is 10.0. The minimum Gasteiger partial charge on any atom is -0.332 e. The molecule has 1 rings (SSSR count). The van der Waals surface area contributed by atoms with Gasteiger partial charge >= 0.3 is 0 Å². The molecule has 0 N–H and O–H groups in total. The van der Waals surface area contributed by atoms with E-state index in [1.807, 2.05) is 19.1 Å². The van der Waals surface area contributed by atoms with Crippen molar-refractivity contribution >= 4 is 17.5 Å². The van der Waals surface area contributed by atoms with E-state index < -0.39 is 13.0 Å². The number of nitrogens with zero attached hydrogens (tertiary/aromatic N) is 1. The predicted molar refractivity (Wildman–Crippen MR) is 68.4 cm³/mol. The first-order chi connectivity index (χ1) is 8.60. The Hall–Kier alpha value is -1.16. The third kappa shape index (κ3) is 3.95. The Labute approximate surface area is 111 Å². The third-order valence-electron chi connectivity index (χ3n) is 2.63. The van der Waals surface area contributed by atoms with Gasteiger partial charge in [-0.2, -0.15) is 0 Å². The Morgan fingerprint density at radius 3 is 2.61 bits per heavy atom. The quantitative estimate of drug-likeness (QED) is 0.730. The zero-order valence-corrected chi connectivity index (χ0v) is 11.0. The largest absolute Gasteiger partial charge is 0.332 e. The van der Waals surface area contributed by atoms with E-state index >= 15 is 0 Å². The number of rotatable bonds is 6. The molecular formula is C13H16ClF2NO. The highest BCUT2D eigenvalue weighted by Gasteiger charge is 2.20. The summed E-state index contributed by atoms with van der Waals surface area (Å²) >= 11 is 5.55. The first-order valence-corrected chi connectivity index (χ1v) is 6.34.